The van der Waals surface area contributed by atoms with E-state index in [4.69, 9.17) is 0 Å². The second kappa shape index (κ2) is 6.30. The summed E-state index contributed by atoms with van der Waals surface area (Å²) in [6, 6.07) is 12.7. The van der Waals surface area contributed by atoms with Gasteiger partial charge < -0.3 is 0 Å². The van der Waals surface area contributed by atoms with Crippen molar-refractivity contribution >= 4 is 26.0 Å². The maximum atomic E-state index is 12.5. The molecule has 2 rings (SSSR count). The lowest BCUT2D eigenvalue weighted by Gasteiger charge is -2.16. The van der Waals surface area contributed by atoms with Crippen LogP contribution in [0.15, 0.2) is 51.8 Å². The number of nitrogens with one attached hydrogen (secondary N) is 1. The highest BCUT2D eigenvalue weighted by molar-refractivity contribution is 9.10. The molecule has 0 spiro atoms. The second-order valence-corrected chi connectivity index (χ2v) is 7.77. The van der Waals surface area contributed by atoms with Gasteiger partial charge in [0.2, 0.25) is 10.0 Å². The highest BCUT2D eigenvalue weighted by Gasteiger charge is 2.20. The van der Waals surface area contributed by atoms with Crippen LogP contribution >= 0.6 is 15.9 Å². The highest BCUT2D eigenvalue weighted by Crippen LogP contribution is 2.22. The number of hydrogen-bond acceptors (Lipinski definition) is 2. The molecular weight excluding hydrogens is 350 g/mol. The van der Waals surface area contributed by atoms with E-state index < -0.39 is 10.0 Å². The monoisotopic (exact) mass is 367 g/mol. The minimum absolute atomic E-state index is 0.298. The minimum Gasteiger partial charge on any atom is -0.207 e. The van der Waals surface area contributed by atoms with Crippen molar-refractivity contribution in [1.82, 2.24) is 4.72 Å². The molecule has 21 heavy (non-hydrogen) atoms. The zero-order valence-corrected chi connectivity index (χ0v) is 14.6. The summed E-state index contributed by atoms with van der Waals surface area (Å²) in [7, 11) is -3.53. The summed E-state index contributed by atoms with van der Waals surface area (Å²) in [5.41, 5.74) is 2.72. The Labute approximate surface area is 134 Å². The Hall–Kier alpha value is -1.17. The van der Waals surface area contributed by atoms with Crippen LogP contribution in [-0.2, 0) is 10.0 Å². The Morgan fingerprint density at radius 3 is 2.43 bits per heavy atom. The van der Waals surface area contributed by atoms with Gasteiger partial charge in [0.05, 0.1) is 4.90 Å². The third-order valence-electron chi connectivity index (χ3n) is 3.30. The minimum atomic E-state index is -3.53. The first-order valence-electron chi connectivity index (χ1n) is 6.64. The molecule has 0 aliphatic carbocycles. The molecule has 1 unspecified atom stereocenters. The summed E-state index contributed by atoms with van der Waals surface area (Å²) in [6.07, 6.45) is 0. The van der Waals surface area contributed by atoms with Crippen LogP contribution in [0, 0.1) is 13.8 Å². The van der Waals surface area contributed by atoms with Gasteiger partial charge in [0, 0.05) is 10.5 Å². The molecule has 0 aliphatic heterocycles. The first kappa shape index (κ1) is 16.2. The normalized spacial score (nSPS) is 13.1. The molecule has 2 aromatic rings. The zero-order chi connectivity index (χ0) is 15.6. The molecule has 0 amide bonds. The molecule has 0 fully saturated rings. The summed E-state index contributed by atoms with van der Waals surface area (Å²) in [4.78, 5) is 0.329. The topological polar surface area (TPSA) is 46.2 Å². The zero-order valence-electron chi connectivity index (χ0n) is 12.2. The van der Waals surface area contributed by atoms with Crippen LogP contribution in [0.25, 0.3) is 0 Å². The molecule has 1 N–H and O–H groups in total. The number of halogens is 1. The van der Waals surface area contributed by atoms with Crippen LogP contribution in [0.1, 0.15) is 29.7 Å². The molecule has 0 aliphatic rings. The summed E-state index contributed by atoms with van der Waals surface area (Å²) < 4.78 is 28.7. The maximum Gasteiger partial charge on any atom is 0.241 e. The Morgan fingerprint density at radius 1 is 1.10 bits per heavy atom. The smallest absolute Gasteiger partial charge is 0.207 e. The Bertz CT molecular complexity index is 757. The van der Waals surface area contributed by atoms with Crippen molar-refractivity contribution in [3.05, 3.63) is 63.6 Å². The Kier molecular flexibility index (Phi) is 4.86. The summed E-state index contributed by atoms with van der Waals surface area (Å²) in [6.45, 7) is 5.59. The Balaban J connectivity index is 2.29. The Morgan fingerprint density at radius 2 is 1.81 bits per heavy atom. The standard InChI is InChI=1S/C16H18BrNO2S/c1-11-7-8-16(12(2)9-11)21(19,20)18-13(3)14-5-4-6-15(17)10-14/h4-10,13,18H,1-3H3. The van der Waals surface area contributed by atoms with Crippen LogP contribution in [0.4, 0.5) is 0 Å². The number of rotatable bonds is 4. The fraction of sp³-hybridized carbons (Fsp3) is 0.250. The first-order chi connectivity index (χ1) is 9.79. The van der Waals surface area contributed by atoms with E-state index >= 15 is 0 Å². The van der Waals surface area contributed by atoms with Gasteiger partial charge in [-0.15, -0.1) is 0 Å². The van der Waals surface area contributed by atoms with Gasteiger partial charge in [0.1, 0.15) is 0 Å². The van der Waals surface area contributed by atoms with E-state index in [1.165, 1.54) is 0 Å². The molecule has 0 radical (unpaired) electrons. The van der Waals surface area contributed by atoms with Gasteiger partial charge in [-0.2, -0.15) is 0 Å². The number of benzene rings is 2. The van der Waals surface area contributed by atoms with E-state index in [2.05, 4.69) is 20.7 Å². The SMILES string of the molecule is Cc1ccc(S(=O)(=O)NC(C)c2cccc(Br)c2)c(C)c1. The fourth-order valence-electron chi connectivity index (χ4n) is 2.24. The van der Waals surface area contributed by atoms with Crippen molar-refractivity contribution in [3.63, 3.8) is 0 Å². The first-order valence-corrected chi connectivity index (χ1v) is 8.92. The molecule has 0 bridgehead atoms. The number of sulfonamides is 1. The largest absolute Gasteiger partial charge is 0.241 e. The van der Waals surface area contributed by atoms with Gasteiger partial charge >= 0.3 is 0 Å². The third kappa shape index (κ3) is 3.93. The molecule has 5 heteroatoms. The van der Waals surface area contributed by atoms with Crippen molar-refractivity contribution in [2.45, 2.75) is 31.7 Å². The lowest BCUT2D eigenvalue weighted by atomic mass is 10.1. The molecular formula is C16H18BrNO2S. The van der Waals surface area contributed by atoms with E-state index in [1.807, 2.05) is 57.2 Å². The van der Waals surface area contributed by atoms with Crippen LogP contribution < -0.4 is 4.72 Å². The molecule has 0 saturated heterocycles. The van der Waals surface area contributed by atoms with Crippen LogP contribution in [0.2, 0.25) is 0 Å². The predicted octanol–water partition coefficient (Wildman–Crippen LogP) is 4.11. The van der Waals surface area contributed by atoms with Crippen molar-refractivity contribution in [2.75, 3.05) is 0 Å². The van der Waals surface area contributed by atoms with E-state index in [9.17, 15) is 8.42 Å². The van der Waals surface area contributed by atoms with Gasteiger partial charge in [0.25, 0.3) is 0 Å². The number of hydrogen-bond donors (Lipinski definition) is 1. The average molecular weight is 368 g/mol. The van der Waals surface area contributed by atoms with Gasteiger partial charge in [0.15, 0.2) is 0 Å². The van der Waals surface area contributed by atoms with Gasteiger partial charge in [-0.25, -0.2) is 13.1 Å². The van der Waals surface area contributed by atoms with Crippen molar-refractivity contribution < 1.29 is 8.42 Å². The molecule has 2 aromatic carbocycles. The van der Waals surface area contributed by atoms with Crippen molar-refractivity contribution in [2.24, 2.45) is 0 Å². The van der Waals surface area contributed by atoms with Gasteiger partial charge in [-0.05, 0) is 50.1 Å². The molecule has 1 atom stereocenters. The van der Waals surface area contributed by atoms with Crippen molar-refractivity contribution in [3.8, 4) is 0 Å². The van der Waals surface area contributed by atoms with Gasteiger partial charge in [-0.1, -0.05) is 45.8 Å². The van der Waals surface area contributed by atoms with Crippen LogP contribution in [0.5, 0.6) is 0 Å². The third-order valence-corrected chi connectivity index (χ3v) is 5.49. The molecule has 3 nitrogen and oxygen atoms in total. The van der Waals surface area contributed by atoms with E-state index in [-0.39, 0.29) is 6.04 Å². The number of aryl methyl sites for hydroxylation is 2. The molecule has 0 saturated carbocycles. The van der Waals surface area contributed by atoms with E-state index in [0.717, 1.165) is 21.2 Å². The quantitative estimate of drug-likeness (QED) is 0.883. The van der Waals surface area contributed by atoms with Crippen molar-refractivity contribution in [1.29, 1.82) is 0 Å². The fourth-order valence-corrected chi connectivity index (χ4v) is 4.12. The predicted molar refractivity (Wildman–Crippen MR) is 88.8 cm³/mol. The average Bonchev–Trinajstić information content (AvgIpc) is 2.37. The second-order valence-electron chi connectivity index (χ2n) is 5.17. The summed E-state index contributed by atoms with van der Waals surface area (Å²) in [5.74, 6) is 0. The lowest BCUT2D eigenvalue weighted by molar-refractivity contribution is 0.566. The van der Waals surface area contributed by atoms with E-state index in [1.54, 1.807) is 6.07 Å². The molecule has 0 aromatic heterocycles. The highest BCUT2D eigenvalue weighted by atomic mass is 79.9. The van der Waals surface area contributed by atoms with Crippen LogP contribution in [-0.4, -0.2) is 8.42 Å². The maximum absolute atomic E-state index is 12.5. The van der Waals surface area contributed by atoms with E-state index in [0.29, 0.717) is 4.90 Å². The summed E-state index contributed by atoms with van der Waals surface area (Å²) in [5, 5.41) is 0. The van der Waals surface area contributed by atoms with Gasteiger partial charge in [-0.3, -0.25) is 0 Å². The summed E-state index contributed by atoms with van der Waals surface area (Å²) >= 11 is 3.40. The van der Waals surface area contributed by atoms with Crippen LogP contribution in [0.3, 0.4) is 0 Å². The molecule has 0 heterocycles. The molecule has 112 valence electrons. The lowest BCUT2D eigenvalue weighted by Crippen LogP contribution is -2.27.